The minimum atomic E-state index is -0.988. The van der Waals surface area contributed by atoms with Crippen LogP contribution in [0.25, 0.3) is 10.8 Å². The van der Waals surface area contributed by atoms with Gasteiger partial charge in [0.1, 0.15) is 0 Å². The van der Waals surface area contributed by atoms with E-state index < -0.39 is 10.8 Å². The molecule has 0 radical (unpaired) electrons. The predicted molar refractivity (Wildman–Crippen MR) is 70.0 cm³/mol. The maximum Gasteiger partial charge on any atom is 0.0576 e. The van der Waals surface area contributed by atoms with Gasteiger partial charge in [-0.3, -0.25) is 4.21 Å². The first kappa shape index (κ1) is 11.1. The van der Waals surface area contributed by atoms with Crippen LogP contribution in [0.15, 0.2) is 59.5 Å². The molecule has 0 aliphatic carbocycles. The number of fused-ring (bicyclic) bond motifs is 1. The van der Waals surface area contributed by atoms with Crippen molar-refractivity contribution < 1.29 is 4.21 Å². The van der Waals surface area contributed by atoms with Gasteiger partial charge in [-0.2, -0.15) is 0 Å². The third kappa shape index (κ3) is 2.22. The van der Waals surface area contributed by atoms with E-state index in [0.717, 1.165) is 21.2 Å². The van der Waals surface area contributed by atoms with Crippen molar-refractivity contribution in [1.82, 2.24) is 0 Å². The topological polar surface area (TPSA) is 17.1 Å². The monoisotopic (exact) mass is 230 g/mol. The fourth-order valence-electron chi connectivity index (χ4n) is 1.70. The third-order valence-electron chi connectivity index (χ3n) is 2.37. The third-order valence-corrected chi connectivity index (χ3v) is 3.97. The first-order valence-corrected chi connectivity index (χ1v) is 6.51. The van der Waals surface area contributed by atoms with E-state index in [0.29, 0.717) is 5.75 Å². The molecule has 0 heterocycles. The number of rotatable bonds is 3. The van der Waals surface area contributed by atoms with Crippen molar-refractivity contribution in [3.63, 3.8) is 0 Å². The molecule has 2 heteroatoms. The highest BCUT2D eigenvalue weighted by molar-refractivity contribution is 7.85. The van der Waals surface area contributed by atoms with Crippen LogP contribution in [0.2, 0.25) is 0 Å². The van der Waals surface area contributed by atoms with Gasteiger partial charge < -0.3 is 0 Å². The molecular weight excluding hydrogens is 216 g/mol. The largest absolute Gasteiger partial charge is 0.254 e. The van der Waals surface area contributed by atoms with Gasteiger partial charge in [0.15, 0.2) is 0 Å². The van der Waals surface area contributed by atoms with E-state index in [4.69, 9.17) is 0 Å². The summed E-state index contributed by atoms with van der Waals surface area (Å²) < 4.78 is 12.1. The second-order valence-corrected chi connectivity index (χ2v) is 5.34. The highest BCUT2D eigenvalue weighted by atomic mass is 32.2. The molecule has 0 aliphatic heterocycles. The first-order valence-electron chi connectivity index (χ1n) is 5.19. The maximum atomic E-state index is 12.1. The van der Waals surface area contributed by atoms with Crippen LogP contribution in [0.5, 0.6) is 0 Å². The zero-order chi connectivity index (χ0) is 11.5. The van der Waals surface area contributed by atoms with Crippen LogP contribution < -0.4 is 0 Å². The Morgan fingerprint density at radius 3 is 2.62 bits per heavy atom. The molecule has 1 unspecified atom stereocenters. The lowest BCUT2D eigenvalue weighted by Crippen LogP contribution is -1.99. The molecule has 0 fully saturated rings. The molecule has 0 aromatic heterocycles. The van der Waals surface area contributed by atoms with Crippen LogP contribution in [0.4, 0.5) is 0 Å². The molecule has 1 nitrogen and oxygen atoms in total. The van der Waals surface area contributed by atoms with Gasteiger partial charge in [-0.15, -0.1) is 0 Å². The summed E-state index contributed by atoms with van der Waals surface area (Å²) in [5, 5.41) is 2.21. The van der Waals surface area contributed by atoms with Crippen LogP contribution in [-0.4, -0.2) is 9.96 Å². The zero-order valence-corrected chi connectivity index (χ0v) is 10.1. The van der Waals surface area contributed by atoms with Gasteiger partial charge in [-0.25, -0.2) is 0 Å². The van der Waals surface area contributed by atoms with Crippen LogP contribution in [0.3, 0.4) is 0 Å². The molecule has 0 bridgehead atoms. The van der Waals surface area contributed by atoms with Crippen molar-refractivity contribution in [2.75, 3.05) is 5.75 Å². The highest BCUT2D eigenvalue weighted by Gasteiger charge is 2.07. The van der Waals surface area contributed by atoms with Crippen LogP contribution >= 0.6 is 0 Å². The SMILES string of the molecule is C=C(C)CS(=O)c1cccc2ccccc12. The summed E-state index contributed by atoms with van der Waals surface area (Å²) in [6, 6.07) is 13.9. The minimum Gasteiger partial charge on any atom is -0.254 e. The number of benzene rings is 2. The van der Waals surface area contributed by atoms with Gasteiger partial charge in [0.25, 0.3) is 0 Å². The Balaban J connectivity index is 2.52. The standard InChI is InChI=1S/C14H14OS/c1-11(2)10-16(15)14-9-5-7-12-6-3-4-8-13(12)14/h3-9H,1,10H2,2H3. The van der Waals surface area contributed by atoms with E-state index in [-0.39, 0.29) is 0 Å². The van der Waals surface area contributed by atoms with Crippen LogP contribution in [0, 0.1) is 0 Å². The molecule has 2 aromatic carbocycles. The number of hydrogen-bond acceptors (Lipinski definition) is 1. The van der Waals surface area contributed by atoms with E-state index in [1.807, 2.05) is 49.4 Å². The Bertz CT molecular complexity index is 552. The lowest BCUT2D eigenvalue weighted by atomic mass is 10.1. The van der Waals surface area contributed by atoms with Crippen molar-refractivity contribution in [3.8, 4) is 0 Å². The normalized spacial score (nSPS) is 12.6. The van der Waals surface area contributed by atoms with E-state index >= 15 is 0 Å². The van der Waals surface area contributed by atoms with E-state index in [2.05, 4.69) is 6.58 Å². The Hall–Kier alpha value is -1.41. The van der Waals surface area contributed by atoms with E-state index in [1.54, 1.807) is 0 Å². The summed E-state index contributed by atoms with van der Waals surface area (Å²) in [5.41, 5.74) is 0.950. The fraction of sp³-hybridized carbons (Fsp3) is 0.143. The fourth-order valence-corrected chi connectivity index (χ4v) is 2.96. The average Bonchev–Trinajstić information content (AvgIpc) is 2.27. The summed E-state index contributed by atoms with van der Waals surface area (Å²) in [7, 11) is -0.988. The molecule has 0 saturated carbocycles. The highest BCUT2D eigenvalue weighted by Crippen LogP contribution is 2.22. The Morgan fingerprint density at radius 1 is 1.19 bits per heavy atom. The molecule has 2 rings (SSSR count). The van der Waals surface area contributed by atoms with Crippen molar-refractivity contribution in [2.45, 2.75) is 11.8 Å². The van der Waals surface area contributed by atoms with Gasteiger partial charge >= 0.3 is 0 Å². The van der Waals surface area contributed by atoms with Crippen molar-refractivity contribution >= 4 is 21.6 Å². The molecule has 0 aliphatic rings. The van der Waals surface area contributed by atoms with Crippen LogP contribution in [-0.2, 0) is 10.8 Å². The Labute approximate surface area is 98.3 Å². The van der Waals surface area contributed by atoms with E-state index in [9.17, 15) is 4.21 Å². The first-order chi connectivity index (χ1) is 7.68. The molecule has 0 N–H and O–H groups in total. The molecule has 0 spiro atoms. The van der Waals surface area contributed by atoms with Gasteiger partial charge in [0, 0.05) is 10.6 Å². The van der Waals surface area contributed by atoms with E-state index in [1.165, 1.54) is 0 Å². The molecule has 1 atom stereocenters. The number of hydrogen-bond donors (Lipinski definition) is 0. The molecule has 82 valence electrons. The van der Waals surface area contributed by atoms with Gasteiger partial charge in [0.05, 0.1) is 10.8 Å². The molecule has 2 aromatic rings. The van der Waals surface area contributed by atoms with Crippen molar-refractivity contribution in [3.05, 3.63) is 54.6 Å². The molecule has 0 saturated heterocycles. The Morgan fingerprint density at radius 2 is 1.88 bits per heavy atom. The predicted octanol–water partition coefficient (Wildman–Crippen LogP) is 3.52. The van der Waals surface area contributed by atoms with Gasteiger partial charge in [-0.05, 0) is 23.8 Å². The summed E-state index contributed by atoms with van der Waals surface area (Å²) >= 11 is 0. The average molecular weight is 230 g/mol. The second-order valence-electron chi connectivity index (χ2n) is 3.92. The van der Waals surface area contributed by atoms with Gasteiger partial charge in [0.2, 0.25) is 0 Å². The summed E-state index contributed by atoms with van der Waals surface area (Å²) in [6.07, 6.45) is 0. The second kappa shape index (κ2) is 4.62. The maximum absolute atomic E-state index is 12.1. The molecule has 16 heavy (non-hydrogen) atoms. The molecular formula is C14H14OS. The van der Waals surface area contributed by atoms with Gasteiger partial charge in [-0.1, -0.05) is 48.6 Å². The quantitative estimate of drug-likeness (QED) is 0.737. The lowest BCUT2D eigenvalue weighted by molar-refractivity contribution is 0.685. The summed E-state index contributed by atoms with van der Waals surface area (Å²) in [5.74, 6) is 0.536. The smallest absolute Gasteiger partial charge is 0.0576 e. The minimum absolute atomic E-state index is 0.536. The Kier molecular flexibility index (Phi) is 3.20. The van der Waals surface area contributed by atoms with Crippen molar-refractivity contribution in [1.29, 1.82) is 0 Å². The lowest BCUT2D eigenvalue weighted by Gasteiger charge is -2.06. The van der Waals surface area contributed by atoms with Crippen LogP contribution in [0.1, 0.15) is 6.92 Å². The summed E-state index contributed by atoms with van der Waals surface area (Å²) in [6.45, 7) is 5.71. The summed E-state index contributed by atoms with van der Waals surface area (Å²) in [4.78, 5) is 0.904. The molecule has 0 amide bonds. The van der Waals surface area contributed by atoms with Crippen molar-refractivity contribution in [2.24, 2.45) is 0 Å². The zero-order valence-electron chi connectivity index (χ0n) is 9.27.